The van der Waals surface area contributed by atoms with Crippen molar-refractivity contribution in [2.75, 3.05) is 44.8 Å². The first-order chi connectivity index (χ1) is 14.3. The molecule has 162 valence electrons. The van der Waals surface area contributed by atoms with Crippen LogP contribution < -0.4 is 4.90 Å². The zero-order valence-electron chi connectivity index (χ0n) is 17.0. The number of ether oxygens (including phenoxy) is 1. The number of anilines is 1. The highest BCUT2D eigenvalue weighted by Gasteiger charge is 2.50. The molecule has 2 atom stereocenters. The fraction of sp³-hybridized carbons (Fsp3) is 0.636. The van der Waals surface area contributed by atoms with E-state index in [0.29, 0.717) is 50.8 Å². The van der Waals surface area contributed by atoms with E-state index in [1.54, 1.807) is 19.2 Å². The summed E-state index contributed by atoms with van der Waals surface area (Å²) >= 11 is 0. The molecule has 1 aromatic carbocycles. The summed E-state index contributed by atoms with van der Waals surface area (Å²) in [5.74, 6) is 0.863. The van der Waals surface area contributed by atoms with Gasteiger partial charge in [0.1, 0.15) is 0 Å². The third-order valence-corrected chi connectivity index (χ3v) is 6.87. The maximum Gasteiger partial charge on any atom is 0.417 e. The zero-order valence-corrected chi connectivity index (χ0v) is 17.0. The molecule has 2 heterocycles. The number of benzene rings is 1. The molecule has 1 saturated carbocycles. The molecule has 0 bridgehead atoms. The quantitative estimate of drug-likeness (QED) is 0.728. The molecule has 0 radical (unpaired) electrons. The molecule has 4 rings (SSSR count). The van der Waals surface area contributed by atoms with Gasteiger partial charge in [-0.25, -0.2) is 0 Å². The predicted octanol–water partition coefficient (Wildman–Crippen LogP) is 3.68. The topological polar surface area (TPSA) is 56.6 Å². The zero-order chi connectivity index (χ0) is 21.5. The molecular weight excluding hydrogens is 395 g/mol. The van der Waals surface area contributed by atoms with Crippen molar-refractivity contribution in [2.45, 2.75) is 31.9 Å². The number of carbonyl (C=O) groups excluding carboxylic acids is 1. The smallest absolute Gasteiger partial charge is 0.384 e. The fourth-order valence-electron chi connectivity index (χ4n) is 4.99. The number of nitriles is 1. The summed E-state index contributed by atoms with van der Waals surface area (Å²) in [6.07, 6.45) is -0.932. The van der Waals surface area contributed by atoms with Crippen LogP contribution in [-0.4, -0.2) is 50.7 Å². The third-order valence-electron chi connectivity index (χ3n) is 6.87. The summed E-state index contributed by atoms with van der Waals surface area (Å²) in [6, 6.07) is 5.54. The lowest BCUT2D eigenvalue weighted by molar-refractivity contribution is -0.138. The number of amides is 1. The summed E-state index contributed by atoms with van der Waals surface area (Å²) in [7, 11) is 1.64. The first-order valence-electron chi connectivity index (χ1n) is 10.4. The van der Waals surface area contributed by atoms with E-state index >= 15 is 0 Å². The van der Waals surface area contributed by atoms with Gasteiger partial charge in [0.25, 0.3) is 0 Å². The van der Waals surface area contributed by atoms with Crippen LogP contribution in [0.5, 0.6) is 0 Å². The highest BCUT2D eigenvalue weighted by Crippen LogP contribution is 2.46. The first-order valence-corrected chi connectivity index (χ1v) is 10.4. The van der Waals surface area contributed by atoms with Crippen LogP contribution in [0.25, 0.3) is 0 Å². The van der Waals surface area contributed by atoms with Crippen molar-refractivity contribution in [3.05, 3.63) is 29.3 Å². The Kier molecular flexibility index (Phi) is 5.43. The minimum absolute atomic E-state index is 0.138. The number of rotatable bonds is 5. The molecule has 0 N–H and O–H groups in total. The molecule has 1 amide bonds. The standard InChI is InChI=1S/C22H26F3N3O2/c1-30-14-21-6-7-27(20(29)8-15-2-3-15)11-17(21)12-28(13-21)18-5-4-16(10-26)19(9-18)22(23,24)25/h4-5,9,15,17H,2-3,6-8,11-14H2,1H3/t17-,21+/m1/s1. The van der Waals surface area contributed by atoms with E-state index in [0.717, 1.165) is 25.3 Å². The Hall–Kier alpha value is -2.27. The van der Waals surface area contributed by atoms with Gasteiger partial charge in [-0.3, -0.25) is 4.79 Å². The second kappa shape index (κ2) is 7.77. The SMILES string of the molecule is COC[C@@]12CCN(C(=O)CC3CC3)C[C@@H]1CN(c1ccc(C#N)c(C(F)(F)F)c1)C2. The fourth-order valence-corrected chi connectivity index (χ4v) is 4.99. The highest BCUT2D eigenvalue weighted by molar-refractivity contribution is 5.77. The second-order valence-electron chi connectivity index (χ2n) is 8.95. The number of fused-ring (bicyclic) bond motifs is 1. The summed E-state index contributed by atoms with van der Waals surface area (Å²) in [5.41, 5.74) is -0.995. The Morgan fingerprint density at radius 3 is 2.73 bits per heavy atom. The summed E-state index contributed by atoms with van der Waals surface area (Å²) in [5, 5.41) is 9.05. The van der Waals surface area contributed by atoms with Crippen molar-refractivity contribution in [1.82, 2.24) is 4.90 Å². The van der Waals surface area contributed by atoms with Crippen molar-refractivity contribution in [1.29, 1.82) is 5.26 Å². The van der Waals surface area contributed by atoms with E-state index in [9.17, 15) is 18.0 Å². The van der Waals surface area contributed by atoms with Crippen molar-refractivity contribution >= 4 is 11.6 Å². The van der Waals surface area contributed by atoms with E-state index in [4.69, 9.17) is 10.00 Å². The lowest BCUT2D eigenvalue weighted by atomic mass is 9.73. The number of hydrogen-bond donors (Lipinski definition) is 0. The van der Waals surface area contributed by atoms with Crippen LogP contribution in [0.2, 0.25) is 0 Å². The number of carbonyl (C=O) groups is 1. The number of nitrogens with zero attached hydrogens (tertiary/aromatic N) is 3. The van der Waals surface area contributed by atoms with Crippen molar-refractivity contribution in [2.24, 2.45) is 17.3 Å². The predicted molar refractivity (Wildman–Crippen MR) is 105 cm³/mol. The summed E-state index contributed by atoms with van der Waals surface area (Å²) in [4.78, 5) is 16.5. The van der Waals surface area contributed by atoms with E-state index in [2.05, 4.69) is 0 Å². The van der Waals surface area contributed by atoms with Crippen molar-refractivity contribution < 1.29 is 22.7 Å². The molecule has 1 aliphatic carbocycles. The Balaban J connectivity index is 1.56. The molecule has 3 aliphatic rings. The van der Waals surface area contributed by atoms with Gasteiger partial charge in [-0.2, -0.15) is 18.4 Å². The third kappa shape index (κ3) is 4.00. The first kappa shape index (κ1) is 21.0. The van der Waals surface area contributed by atoms with Crippen LogP contribution in [0.15, 0.2) is 18.2 Å². The van der Waals surface area contributed by atoms with E-state index in [-0.39, 0.29) is 22.8 Å². The van der Waals surface area contributed by atoms with Gasteiger partial charge in [-0.05, 0) is 43.4 Å². The lowest BCUT2D eigenvalue weighted by Gasteiger charge is -2.43. The average Bonchev–Trinajstić information content (AvgIpc) is 3.44. The van der Waals surface area contributed by atoms with Gasteiger partial charge in [0.2, 0.25) is 5.91 Å². The molecule has 2 aliphatic heterocycles. The largest absolute Gasteiger partial charge is 0.417 e. The molecule has 5 nitrogen and oxygen atoms in total. The molecule has 1 aromatic rings. The van der Waals surface area contributed by atoms with Crippen LogP contribution in [0.3, 0.4) is 0 Å². The number of halogens is 3. The van der Waals surface area contributed by atoms with Gasteiger partial charge in [0.05, 0.1) is 23.8 Å². The van der Waals surface area contributed by atoms with Crippen LogP contribution in [0.1, 0.15) is 36.8 Å². The molecule has 0 spiro atoms. The highest BCUT2D eigenvalue weighted by atomic mass is 19.4. The number of likely N-dealkylation sites (tertiary alicyclic amines) is 1. The van der Waals surface area contributed by atoms with Gasteiger partial charge >= 0.3 is 6.18 Å². The van der Waals surface area contributed by atoms with E-state index in [1.165, 1.54) is 6.07 Å². The normalized spacial score (nSPS) is 26.4. The number of piperidine rings is 1. The number of hydrogen-bond acceptors (Lipinski definition) is 4. The Morgan fingerprint density at radius 2 is 2.10 bits per heavy atom. The van der Waals surface area contributed by atoms with Crippen LogP contribution in [-0.2, 0) is 15.7 Å². The van der Waals surface area contributed by atoms with Gasteiger partial charge in [-0.15, -0.1) is 0 Å². The summed E-state index contributed by atoms with van der Waals surface area (Å²) < 4.78 is 45.7. The van der Waals surface area contributed by atoms with E-state index in [1.807, 2.05) is 9.80 Å². The summed E-state index contributed by atoms with van der Waals surface area (Å²) in [6.45, 7) is 2.95. The Bertz CT molecular complexity index is 862. The second-order valence-corrected chi connectivity index (χ2v) is 8.95. The van der Waals surface area contributed by atoms with Crippen molar-refractivity contribution in [3.8, 4) is 6.07 Å². The van der Waals surface area contributed by atoms with E-state index < -0.39 is 11.7 Å². The van der Waals surface area contributed by atoms with Crippen LogP contribution in [0, 0.1) is 28.6 Å². The number of methoxy groups -OCH3 is 1. The molecule has 2 saturated heterocycles. The molecule has 3 fully saturated rings. The van der Waals surface area contributed by atoms with Crippen LogP contribution >= 0.6 is 0 Å². The van der Waals surface area contributed by atoms with Gasteiger partial charge in [0, 0.05) is 56.7 Å². The maximum atomic E-state index is 13.4. The minimum Gasteiger partial charge on any atom is -0.384 e. The van der Waals surface area contributed by atoms with Gasteiger partial charge in [0.15, 0.2) is 0 Å². The lowest BCUT2D eigenvalue weighted by Crippen LogP contribution is -2.50. The molecule has 0 unspecified atom stereocenters. The molecule has 8 heteroatoms. The maximum absolute atomic E-state index is 13.4. The van der Waals surface area contributed by atoms with Gasteiger partial charge < -0.3 is 14.5 Å². The molecular formula is C22H26F3N3O2. The molecule has 30 heavy (non-hydrogen) atoms. The Morgan fingerprint density at radius 1 is 1.33 bits per heavy atom. The average molecular weight is 421 g/mol. The minimum atomic E-state index is -4.58. The van der Waals surface area contributed by atoms with Crippen LogP contribution in [0.4, 0.5) is 18.9 Å². The monoisotopic (exact) mass is 421 g/mol. The van der Waals surface area contributed by atoms with Crippen molar-refractivity contribution in [3.63, 3.8) is 0 Å². The number of alkyl halides is 3. The van der Waals surface area contributed by atoms with Gasteiger partial charge in [-0.1, -0.05) is 0 Å². The Labute approximate surface area is 174 Å². The molecule has 0 aromatic heterocycles.